The summed E-state index contributed by atoms with van der Waals surface area (Å²) in [4.78, 5) is 4.42. The third-order valence-corrected chi connectivity index (χ3v) is 3.32. The van der Waals surface area contributed by atoms with Crippen LogP contribution < -0.4 is 4.74 Å². The molecule has 3 heteroatoms. The molecule has 0 aliphatic heterocycles. The lowest BCUT2D eigenvalue weighted by molar-refractivity contribution is 0.416. The highest BCUT2D eigenvalue weighted by atomic mass is 16.5. The van der Waals surface area contributed by atoms with Crippen LogP contribution >= 0.6 is 0 Å². The smallest absolute Gasteiger partial charge is 0.144 e. The molecule has 110 valence electrons. The predicted octanol–water partition coefficient (Wildman–Crippen LogP) is 4.45. The molecule has 0 atom stereocenters. The number of hydrogen-bond acceptors (Lipinski definition) is 3. The molecule has 0 bridgehead atoms. The second kappa shape index (κ2) is 6.00. The number of phenols is 1. The van der Waals surface area contributed by atoms with Gasteiger partial charge in [0.1, 0.15) is 17.2 Å². The number of rotatable bonds is 3. The largest absolute Gasteiger partial charge is 0.507 e. The molecule has 0 unspecified atom stereocenters. The van der Waals surface area contributed by atoms with Gasteiger partial charge in [-0.2, -0.15) is 0 Å². The van der Waals surface area contributed by atoms with Crippen LogP contribution in [0.2, 0.25) is 0 Å². The molecule has 0 heterocycles. The van der Waals surface area contributed by atoms with Gasteiger partial charge in [0.2, 0.25) is 0 Å². The van der Waals surface area contributed by atoms with Crippen LogP contribution in [0.3, 0.4) is 0 Å². The van der Waals surface area contributed by atoms with E-state index in [-0.39, 0.29) is 11.2 Å². The molecule has 0 aliphatic carbocycles. The summed E-state index contributed by atoms with van der Waals surface area (Å²) in [6.07, 6.45) is 1.67. The van der Waals surface area contributed by atoms with Gasteiger partial charge in [-0.05, 0) is 35.2 Å². The van der Waals surface area contributed by atoms with Crippen molar-refractivity contribution in [2.24, 2.45) is 4.99 Å². The Labute approximate surface area is 125 Å². The molecule has 2 rings (SSSR count). The summed E-state index contributed by atoms with van der Waals surface area (Å²) in [5.41, 5.74) is 2.62. The van der Waals surface area contributed by atoms with Crippen molar-refractivity contribution in [3.8, 4) is 11.5 Å². The average Bonchev–Trinajstić information content (AvgIpc) is 2.45. The molecule has 2 aromatic rings. The standard InChI is InChI=1S/C18H21NO2/c1-18(2,3)14-9-10-16(20)13(11-14)12-19-15-7-5-6-8-17(15)21-4/h5-12,20H,1-4H3. The number of aromatic hydroxyl groups is 1. The molecule has 0 amide bonds. The van der Waals surface area contributed by atoms with Gasteiger partial charge in [0.05, 0.1) is 7.11 Å². The van der Waals surface area contributed by atoms with E-state index in [1.807, 2.05) is 36.4 Å². The van der Waals surface area contributed by atoms with E-state index in [1.165, 1.54) is 0 Å². The van der Waals surface area contributed by atoms with Crippen molar-refractivity contribution < 1.29 is 9.84 Å². The molecule has 0 saturated heterocycles. The number of para-hydroxylation sites is 2. The SMILES string of the molecule is COc1ccccc1N=Cc1cc(C(C)(C)C)ccc1O. The van der Waals surface area contributed by atoms with E-state index in [9.17, 15) is 5.11 Å². The lowest BCUT2D eigenvalue weighted by Gasteiger charge is -2.19. The molecule has 0 fully saturated rings. The van der Waals surface area contributed by atoms with E-state index in [0.717, 1.165) is 11.3 Å². The zero-order chi connectivity index (χ0) is 15.5. The first-order chi connectivity index (χ1) is 9.91. The number of benzene rings is 2. The third-order valence-electron chi connectivity index (χ3n) is 3.32. The predicted molar refractivity (Wildman–Crippen MR) is 87.1 cm³/mol. The Morgan fingerprint density at radius 3 is 2.48 bits per heavy atom. The maximum absolute atomic E-state index is 9.98. The van der Waals surface area contributed by atoms with Gasteiger partial charge >= 0.3 is 0 Å². The number of aliphatic imine (C=N–C) groups is 1. The average molecular weight is 283 g/mol. The van der Waals surface area contributed by atoms with Gasteiger partial charge in [-0.3, -0.25) is 4.99 Å². The fourth-order valence-electron chi connectivity index (χ4n) is 2.00. The number of phenolic OH excluding ortho intramolecular Hbond substituents is 1. The van der Waals surface area contributed by atoms with Crippen LogP contribution in [0.1, 0.15) is 31.9 Å². The normalized spacial score (nSPS) is 11.8. The Morgan fingerprint density at radius 1 is 1.10 bits per heavy atom. The van der Waals surface area contributed by atoms with Crippen molar-refractivity contribution in [3.05, 3.63) is 53.6 Å². The molecule has 0 spiro atoms. The topological polar surface area (TPSA) is 41.8 Å². The lowest BCUT2D eigenvalue weighted by atomic mass is 9.86. The molecule has 0 radical (unpaired) electrons. The second-order valence-corrected chi connectivity index (χ2v) is 5.95. The van der Waals surface area contributed by atoms with E-state index in [0.29, 0.717) is 11.3 Å². The molecule has 0 saturated carbocycles. The summed E-state index contributed by atoms with van der Waals surface area (Å²) >= 11 is 0. The van der Waals surface area contributed by atoms with Gasteiger partial charge in [-0.25, -0.2) is 0 Å². The van der Waals surface area contributed by atoms with Crippen molar-refractivity contribution in [1.82, 2.24) is 0 Å². The van der Waals surface area contributed by atoms with Crippen LogP contribution in [0.4, 0.5) is 5.69 Å². The minimum atomic E-state index is 0.0285. The van der Waals surface area contributed by atoms with Crippen LogP contribution in [0.5, 0.6) is 11.5 Å². The van der Waals surface area contributed by atoms with Crippen LogP contribution in [0.25, 0.3) is 0 Å². The Balaban J connectivity index is 2.37. The monoisotopic (exact) mass is 283 g/mol. The minimum absolute atomic E-state index is 0.0285. The maximum atomic E-state index is 9.98. The van der Waals surface area contributed by atoms with Gasteiger partial charge in [0, 0.05) is 11.8 Å². The van der Waals surface area contributed by atoms with Crippen molar-refractivity contribution in [3.63, 3.8) is 0 Å². The number of hydrogen-bond donors (Lipinski definition) is 1. The van der Waals surface area contributed by atoms with Crippen LogP contribution in [0, 0.1) is 0 Å². The minimum Gasteiger partial charge on any atom is -0.507 e. The van der Waals surface area contributed by atoms with E-state index in [2.05, 4.69) is 25.8 Å². The van der Waals surface area contributed by atoms with Gasteiger partial charge < -0.3 is 9.84 Å². The van der Waals surface area contributed by atoms with Crippen LogP contribution in [-0.2, 0) is 5.41 Å². The molecule has 2 aromatic carbocycles. The first kappa shape index (κ1) is 15.1. The molecule has 21 heavy (non-hydrogen) atoms. The highest BCUT2D eigenvalue weighted by Gasteiger charge is 2.14. The van der Waals surface area contributed by atoms with Crippen molar-refractivity contribution in [1.29, 1.82) is 0 Å². The first-order valence-electron chi connectivity index (χ1n) is 6.92. The van der Waals surface area contributed by atoms with E-state index < -0.39 is 0 Å². The van der Waals surface area contributed by atoms with Crippen molar-refractivity contribution >= 4 is 11.9 Å². The molecule has 0 aliphatic rings. The Morgan fingerprint density at radius 2 is 1.81 bits per heavy atom. The molecule has 1 N–H and O–H groups in total. The highest BCUT2D eigenvalue weighted by Crippen LogP contribution is 2.29. The molecule has 3 nitrogen and oxygen atoms in total. The first-order valence-corrected chi connectivity index (χ1v) is 6.92. The van der Waals surface area contributed by atoms with Gasteiger partial charge in [0.15, 0.2) is 0 Å². The summed E-state index contributed by atoms with van der Waals surface area (Å²) in [6, 6.07) is 13.2. The van der Waals surface area contributed by atoms with Crippen molar-refractivity contribution in [2.45, 2.75) is 26.2 Å². The summed E-state index contributed by atoms with van der Waals surface area (Å²) in [7, 11) is 1.62. The second-order valence-electron chi connectivity index (χ2n) is 5.95. The molecular formula is C18H21NO2. The van der Waals surface area contributed by atoms with E-state index in [4.69, 9.17) is 4.74 Å². The Kier molecular flexibility index (Phi) is 4.32. The number of methoxy groups -OCH3 is 1. The summed E-state index contributed by atoms with van der Waals surface area (Å²) in [5, 5.41) is 9.98. The zero-order valence-corrected chi connectivity index (χ0v) is 12.9. The maximum Gasteiger partial charge on any atom is 0.144 e. The van der Waals surface area contributed by atoms with Gasteiger partial charge in [-0.1, -0.05) is 39.0 Å². The summed E-state index contributed by atoms with van der Waals surface area (Å²) in [6.45, 7) is 6.42. The molecule has 0 aromatic heterocycles. The third kappa shape index (κ3) is 3.63. The fourth-order valence-corrected chi connectivity index (χ4v) is 2.00. The zero-order valence-electron chi connectivity index (χ0n) is 12.9. The van der Waals surface area contributed by atoms with E-state index in [1.54, 1.807) is 19.4 Å². The Bertz CT molecular complexity index is 655. The fraction of sp³-hybridized carbons (Fsp3) is 0.278. The summed E-state index contributed by atoms with van der Waals surface area (Å²) in [5.74, 6) is 0.932. The number of nitrogens with zero attached hydrogens (tertiary/aromatic N) is 1. The van der Waals surface area contributed by atoms with Crippen molar-refractivity contribution in [2.75, 3.05) is 7.11 Å². The van der Waals surface area contributed by atoms with E-state index >= 15 is 0 Å². The molecular weight excluding hydrogens is 262 g/mol. The highest BCUT2D eigenvalue weighted by molar-refractivity contribution is 5.86. The lowest BCUT2D eigenvalue weighted by Crippen LogP contribution is -2.11. The quantitative estimate of drug-likeness (QED) is 0.846. The Hall–Kier alpha value is -2.29. The van der Waals surface area contributed by atoms with Gasteiger partial charge in [-0.15, -0.1) is 0 Å². The number of ether oxygens (including phenoxy) is 1. The summed E-state index contributed by atoms with van der Waals surface area (Å²) < 4.78 is 5.27. The van der Waals surface area contributed by atoms with Crippen LogP contribution in [0.15, 0.2) is 47.5 Å². The van der Waals surface area contributed by atoms with Gasteiger partial charge in [0.25, 0.3) is 0 Å². The van der Waals surface area contributed by atoms with Crippen LogP contribution in [-0.4, -0.2) is 18.4 Å².